The molecule has 1 aromatic carbocycles. The quantitative estimate of drug-likeness (QED) is 0.849. The molecule has 1 aromatic heterocycles. The molecule has 0 bridgehead atoms. The third-order valence-electron chi connectivity index (χ3n) is 1.97. The molecule has 0 aliphatic carbocycles. The molecular formula is C10H8Br2N2. The molecule has 0 aliphatic rings. The van der Waals surface area contributed by atoms with E-state index in [2.05, 4.69) is 41.8 Å². The molecule has 0 aliphatic heterocycles. The molecule has 2 rings (SSSR count). The summed E-state index contributed by atoms with van der Waals surface area (Å²) in [7, 11) is 0. The molecule has 0 fully saturated rings. The molecule has 0 amide bonds. The second-order valence-corrected chi connectivity index (χ2v) is 4.67. The van der Waals surface area contributed by atoms with Crippen molar-refractivity contribution in [2.75, 3.05) is 0 Å². The van der Waals surface area contributed by atoms with E-state index in [0.717, 1.165) is 26.2 Å². The summed E-state index contributed by atoms with van der Waals surface area (Å²) in [6.45, 7) is 2.01. The maximum absolute atomic E-state index is 4.36. The Hall–Kier alpha value is -0.610. The van der Waals surface area contributed by atoms with Crippen molar-refractivity contribution in [2.45, 2.75) is 6.92 Å². The average Bonchev–Trinajstić information content (AvgIpc) is 2.47. The molecule has 0 radical (unpaired) electrons. The summed E-state index contributed by atoms with van der Waals surface area (Å²) in [6, 6.07) is 8.11. The molecule has 0 spiro atoms. The number of aryl methyl sites for hydroxylation is 1. The zero-order valence-electron chi connectivity index (χ0n) is 7.51. The lowest BCUT2D eigenvalue weighted by Gasteiger charge is -1.98. The summed E-state index contributed by atoms with van der Waals surface area (Å²) in [5, 5.41) is 0. The van der Waals surface area contributed by atoms with Gasteiger partial charge in [0, 0.05) is 15.7 Å². The van der Waals surface area contributed by atoms with E-state index in [4.69, 9.17) is 0 Å². The highest BCUT2D eigenvalue weighted by atomic mass is 79.9. The Labute approximate surface area is 99.0 Å². The van der Waals surface area contributed by atoms with Gasteiger partial charge in [0.2, 0.25) is 0 Å². The largest absolute Gasteiger partial charge is 0.336 e. The van der Waals surface area contributed by atoms with Gasteiger partial charge in [0.15, 0.2) is 4.73 Å². The molecule has 1 N–H and O–H groups in total. The Balaban J connectivity index is 2.49. The fourth-order valence-electron chi connectivity index (χ4n) is 1.31. The number of nitrogens with one attached hydrogen (secondary N) is 1. The van der Waals surface area contributed by atoms with Crippen LogP contribution in [0.1, 0.15) is 5.69 Å². The first-order valence-electron chi connectivity index (χ1n) is 4.15. The van der Waals surface area contributed by atoms with Crippen molar-refractivity contribution in [3.63, 3.8) is 0 Å². The Morgan fingerprint density at radius 2 is 1.79 bits per heavy atom. The van der Waals surface area contributed by atoms with Crippen molar-refractivity contribution in [1.29, 1.82) is 0 Å². The topological polar surface area (TPSA) is 28.7 Å². The fourth-order valence-corrected chi connectivity index (χ4v) is 2.05. The summed E-state index contributed by atoms with van der Waals surface area (Å²) in [4.78, 5) is 7.47. The number of aromatic nitrogens is 2. The van der Waals surface area contributed by atoms with Crippen molar-refractivity contribution in [2.24, 2.45) is 0 Å². The van der Waals surface area contributed by atoms with E-state index >= 15 is 0 Å². The Bertz CT molecular complexity index is 446. The first-order chi connectivity index (χ1) is 6.66. The van der Waals surface area contributed by atoms with E-state index in [-0.39, 0.29) is 0 Å². The van der Waals surface area contributed by atoms with Gasteiger partial charge in [-0.05, 0) is 35.0 Å². The lowest BCUT2D eigenvalue weighted by atomic mass is 10.1. The van der Waals surface area contributed by atoms with Gasteiger partial charge in [0.05, 0.1) is 5.69 Å². The van der Waals surface area contributed by atoms with Gasteiger partial charge in [0.1, 0.15) is 0 Å². The third kappa shape index (κ3) is 1.91. The summed E-state index contributed by atoms with van der Waals surface area (Å²) >= 11 is 6.72. The van der Waals surface area contributed by atoms with E-state index in [1.54, 1.807) is 0 Å². The zero-order chi connectivity index (χ0) is 10.1. The summed E-state index contributed by atoms with van der Waals surface area (Å²) in [5.74, 6) is 0. The van der Waals surface area contributed by atoms with E-state index in [9.17, 15) is 0 Å². The maximum atomic E-state index is 4.36. The Morgan fingerprint density at radius 3 is 2.29 bits per heavy atom. The van der Waals surface area contributed by atoms with Crippen LogP contribution in [0.2, 0.25) is 0 Å². The second kappa shape index (κ2) is 3.87. The van der Waals surface area contributed by atoms with Crippen molar-refractivity contribution >= 4 is 31.9 Å². The highest BCUT2D eigenvalue weighted by molar-refractivity contribution is 9.10. The first kappa shape index (κ1) is 9.93. The van der Waals surface area contributed by atoms with Gasteiger partial charge in [0.25, 0.3) is 0 Å². The molecule has 0 saturated heterocycles. The number of rotatable bonds is 1. The molecule has 4 heteroatoms. The van der Waals surface area contributed by atoms with Crippen LogP contribution in [0.3, 0.4) is 0 Å². The lowest BCUT2D eigenvalue weighted by Crippen LogP contribution is -1.80. The van der Waals surface area contributed by atoms with E-state index in [0.29, 0.717) is 0 Å². The Morgan fingerprint density at radius 1 is 1.14 bits per heavy atom. The highest BCUT2D eigenvalue weighted by Crippen LogP contribution is 2.24. The standard InChI is InChI=1S/C10H8Br2N2/c1-6-9(14-10(12)13-6)7-2-4-8(11)5-3-7/h2-5H,1H3,(H,13,14). The van der Waals surface area contributed by atoms with Crippen LogP contribution in [0.15, 0.2) is 33.5 Å². The van der Waals surface area contributed by atoms with Crippen molar-refractivity contribution in [1.82, 2.24) is 9.97 Å². The number of imidazole rings is 1. The van der Waals surface area contributed by atoms with E-state index in [1.165, 1.54) is 0 Å². The van der Waals surface area contributed by atoms with Crippen LogP contribution in [0.5, 0.6) is 0 Å². The number of H-pyrrole nitrogens is 1. The van der Waals surface area contributed by atoms with Gasteiger partial charge >= 0.3 is 0 Å². The fraction of sp³-hybridized carbons (Fsp3) is 0.100. The number of nitrogens with zero attached hydrogens (tertiary/aromatic N) is 1. The number of hydrogen-bond donors (Lipinski definition) is 1. The van der Waals surface area contributed by atoms with Crippen molar-refractivity contribution < 1.29 is 0 Å². The number of aromatic amines is 1. The van der Waals surface area contributed by atoms with Crippen LogP contribution >= 0.6 is 31.9 Å². The number of halogens is 2. The minimum atomic E-state index is 0.771. The number of hydrogen-bond acceptors (Lipinski definition) is 1. The molecule has 0 unspecified atom stereocenters. The predicted octanol–water partition coefficient (Wildman–Crippen LogP) is 3.91. The van der Waals surface area contributed by atoms with E-state index < -0.39 is 0 Å². The van der Waals surface area contributed by atoms with Gasteiger partial charge in [-0.1, -0.05) is 28.1 Å². The van der Waals surface area contributed by atoms with Crippen molar-refractivity contribution in [3.05, 3.63) is 39.2 Å². The summed E-state index contributed by atoms with van der Waals surface area (Å²) in [5.41, 5.74) is 3.18. The van der Waals surface area contributed by atoms with Crippen LogP contribution in [0, 0.1) is 6.92 Å². The van der Waals surface area contributed by atoms with Gasteiger partial charge in [-0.2, -0.15) is 0 Å². The van der Waals surface area contributed by atoms with Crippen LogP contribution in [0.25, 0.3) is 11.3 Å². The van der Waals surface area contributed by atoms with Gasteiger partial charge in [-0.15, -0.1) is 0 Å². The maximum Gasteiger partial charge on any atom is 0.175 e. The van der Waals surface area contributed by atoms with Crippen LogP contribution < -0.4 is 0 Å². The first-order valence-corrected chi connectivity index (χ1v) is 5.73. The summed E-state index contributed by atoms with van der Waals surface area (Å²) < 4.78 is 1.85. The predicted molar refractivity (Wildman–Crippen MR) is 64.2 cm³/mol. The van der Waals surface area contributed by atoms with Gasteiger partial charge in [-0.3, -0.25) is 0 Å². The molecule has 0 atom stereocenters. The minimum Gasteiger partial charge on any atom is -0.336 e. The molecule has 2 nitrogen and oxygen atoms in total. The molecular weight excluding hydrogens is 308 g/mol. The smallest absolute Gasteiger partial charge is 0.175 e. The molecule has 2 aromatic rings. The van der Waals surface area contributed by atoms with Gasteiger partial charge < -0.3 is 4.98 Å². The molecule has 1 heterocycles. The third-order valence-corrected chi connectivity index (χ3v) is 2.88. The SMILES string of the molecule is Cc1[nH]c(Br)nc1-c1ccc(Br)cc1. The highest BCUT2D eigenvalue weighted by Gasteiger charge is 2.06. The van der Waals surface area contributed by atoms with Crippen LogP contribution in [-0.4, -0.2) is 9.97 Å². The van der Waals surface area contributed by atoms with Crippen molar-refractivity contribution in [3.8, 4) is 11.3 Å². The number of benzene rings is 1. The van der Waals surface area contributed by atoms with Crippen LogP contribution in [-0.2, 0) is 0 Å². The molecule has 14 heavy (non-hydrogen) atoms. The van der Waals surface area contributed by atoms with Gasteiger partial charge in [-0.25, -0.2) is 4.98 Å². The molecule has 0 saturated carbocycles. The normalized spacial score (nSPS) is 10.5. The Kier molecular flexibility index (Phi) is 2.74. The zero-order valence-corrected chi connectivity index (χ0v) is 10.7. The van der Waals surface area contributed by atoms with Crippen LogP contribution in [0.4, 0.5) is 0 Å². The monoisotopic (exact) mass is 314 g/mol. The average molecular weight is 316 g/mol. The summed E-state index contributed by atoms with van der Waals surface area (Å²) in [6.07, 6.45) is 0. The minimum absolute atomic E-state index is 0.771. The second-order valence-electron chi connectivity index (χ2n) is 3.01. The lowest BCUT2D eigenvalue weighted by molar-refractivity contribution is 1.20. The van der Waals surface area contributed by atoms with E-state index in [1.807, 2.05) is 31.2 Å². The molecule has 72 valence electrons.